The standard InChI is InChI=1S/C32H38BrN3O6S/c1-23(32(38)34-26-10-6-4-7-11-26)35(21-24-14-16-25(33)17-15-24)31(37)22-36(27-12-8-5-9-13-27)43(39,40)28-18-19-29(41-2)30(20-28)42-3/h5,8-9,12-20,23,26H,4,6-7,10-11,21-22H2,1-3H3,(H,34,38)/t23-/m1/s1. The molecule has 3 aromatic rings. The first-order valence-corrected chi connectivity index (χ1v) is 16.5. The Labute approximate surface area is 262 Å². The first-order valence-electron chi connectivity index (χ1n) is 14.3. The zero-order valence-electron chi connectivity index (χ0n) is 24.7. The number of hydrogen-bond acceptors (Lipinski definition) is 6. The molecule has 43 heavy (non-hydrogen) atoms. The summed E-state index contributed by atoms with van der Waals surface area (Å²) < 4.78 is 40.8. The van der Waals surface area contributed by atoms with Crippen molar-refractivity contribution in [2.75, 3.05) is 25.1 Å². The van der Waals surface area contributed by atoms with Crippen LogP contribution >= 0.6 is 15.9 Å². The number of nitrogens with one attached hydrogen (secondary N) is 1. The molecular formula is C32H38BrN3O6S. The van der Waals surface area contributed by atoms with Gasteiger partial charge in [0, 0.05) is 23.1 Å². The van der Waals surface area contributed by atoms with E-state index in [-0.39, 0.29) is 29.1 Å². The summed E-state index contributed by atoms with van der Waals surface area (Å²) in [5.41, 5.74) is 1.12. The van der Waals surface area contributed by atoms with Gasteiger partial charge in [0.2, 0.25) is 11.8 Å². The molecule has 0 spiro atoms. The Bertz CT molecular complexity index is 1500. The van der Waals surface area contributed by atoms with Crippen molar-refractivity contribution in [2.24, 2.45) is 0 Å². The fourth-order valence-corrected chi connectivity index (χ4v) is 6.86. The van der Waals surface area contributed by atoms with Crippen molar-refractivity contribution < 1.29 is 27.5 Å². The molecule has 3 aromatic carbocycles. The molecule has 1 aliphatic rings. The largest absolute Gasteiger partial charge is 0.493 e. The van der Waals surface area contributed by atoms with Gasteiger partial charge in [0.1, 0.15) is 12.6 Å². The average molecular weight is 673 g/mol. The first kappa shape index (κ1) is 32.3. The second kappa shape index (κ2) is 14.7. The van der Waals surface area contributed by atoms with Crippen molar-refractivity contribution in [3.63, 3.8) is 0 Å². The maximum Gasteiger partial charge on any atom is 0.264 e. The van der Waals surface area contributed by atoms with Crippen LogP contribution in [-0.4, -0.2) is 58.0 Å². The third-order valence-corrected chi connectivity index (χ3v) is 9.95. The highest BCUT2D eigenvalue weighted by atomic mass is 79.9. The van der Waals surface area contributed by atoms with E-state index in [0.29, 0.717) is 11.4 Å². The molecule has 9 nitrogen and oxygen atoms in total. The lowest BCUT2D eigenvalue weighted by atomic mass is 9.95. The quantitative estimate of drug-likeness (QED) is 0.272. The minimum Gasteiger partial charge on any atom is -0.493 e. The number of ether oxygens (including phenoxy) is 2. The monoisotopic (exact) mass is 671 g/mol. The minimum atomic E-state index is -4.24. The van der Waals surface area contributed by atoms with E-state index in [4.69, 9.17) is 9.47 Å². The molecule has 1 atom stereocenters. The Balaban J connectivity index is 1.68. The predicted molar refractivity (Wildman–Crippen MR) is 170 cm³/mol. The molecule has 1 N–H and O–H groups in total. The number of para-hydroxylation sites is 1. The molecule has 0 bridgehead atoms. The summed E-state index contributed by atoms with van der Waals surface area (Å²) in [6.45, 7) is 1.30. The maximum absolute atomic E-state index is 14.1. The molecule has 0 aliphatic heterocycles. The van der Waals surface area contributed by atoms with Gasteiger partial charge in [-0.15, -0.1) is 0 Å². The lowest BCUT2D eigenvalue weighted by Crippen LogP contribution is -2.53. The van der Waals surface area contributed by atoms with Gasteiger partial charge < -0.3 is 19.7 Å². The average Bonchev–Trinajstić information content (AvgIpc) is 3.03. The molecule has 1 aliphatic carbocycles. The highest BCUT2D eigenvalue weighted by molar-refractivity contribution is 9.10. The van der Waals surface area contributed by atoms with Crippen molar-refractivity contribution in [1.82, 2.24) is 10.2 Å². The SMILES string of the molecule is COc1ccc(S(=O)(=O)N(CC(=O)N(Cc2ccc(Br)cc2)[C@H](C)C(=O)NC2CCCCC2)c2ccccc2)cc1OC. The number of carbonyl (C=O) groups excluding carboxylic acids is 2. The van der Waals surface area contributed by atoms with Gasteiger partial charge >= 0.3 is 0 Å². The molecule has 0 saturated heterocycles. The summed E-state index contributed by atoms with van der Waals surface area (Å²) >= 11 is 3.44. The first-order chi connectivity index (χ1) is 20.6. The van der Waals surface area contributed by atoms with E-state index in [1.165, 1.54) is 37.3 Å². The molecule has 0 radical (unpaired) electrons. The number of benzene rings is 3. The number of nitrogens with zero attached hydrogens (tertiary/aromatic N) is 2. The van der Waals surface area contributed by atoms with Crippen molar-refractivity contribution in [2.45, 2.75) is 62.6 Å². The Morgan fingerprint density at radius 2 is 1.58 bits per heavy atom. The summed E-state index contributed by atoms with van der Waals surface area (Å²) in [4.78, 5) is 28.9. The van der Waals surface area contributed by atoms with Gasteiger partial charge in [-0.2, -0.15) is 0 Å². The second-order valence-electron chi connectivity index (χ2n) is 10.5. The van der Waals surface area contributed by atoms with Crippen molar-refractivity contribution in [3.05, 3.63) is 82.8 Å². The molecule has 0 unspecified atom stereocenters. The van der Waals surface area contributed by atoms with Crippen molar-refractivity contribution >= 4 is 43.5 Å². The van der Waals surface area contributed by atoms with Crippen molar-refractivity contribution in [3.8, 4) is 11.5 Å². The van der Waals surface area contributed by atoms with Gasteiger partial charge in [-0.1, -0.05) is 65.5 Å². The van der Waals surface area contributed by atoms with Crippen LogP contribution in [0.3, 0.4) is 0 Å². The molecule has 0 heterocycles. The van der Waals surface area contributed by atoms with Gasteiger partial charge in [0.25, 0.3) is 10.0 Å². The van der Waals surface area contributed by atoms with E-state index < -0.39 is 28.5 Å². The second-order valence-corrected chi connectivity index (χ2v) is 13.3. The Hall–Kier alpha value is -3.57. The van der Waals surface area contributed by atoms with Crippen LogP contribution in [0.4, 0.5) is 5.69 Å². The van der Waals surface area contributed by atoms with Crippen LogP contribution in [-0.2, 0) is 26.2 Å². The van der Waals surface area contributed by atoms with Crippen LogP contribution in [0.5, 0.6) is 11.5 Å². The van der Waals surface area contributed by atoms with Crippen LogP contribution < -0.4 is 19.1 Å². The van der Waals surface area contributed by atoms with E-state index in [0.717, 1.165) is 46.4 Å². The number of rotatable bonds is 12. The summed E-state index contributed by atoms with van der Waals surface area (Å²) in [6, 6.07) is 19.4. The predicted octanol–water partition coefficient (Wildman–Crippen LogP) is 5.53. The topological polar surface area (TPSA) is 105 Å². The van der Waals surface area contributed by atoms with Crippen LogP contribution in [0.2, 0.25) is 0 Å². The number of methoxy groups -OCH3 is 2. The normalized spacial score (nSPS) is 14.4. The fourth-order valence-electron chi connectivity index (χ4n) is 5.17. The number of carbonyl (C=O) groups is 2. The molecule has 230 valence electrons. The number of hydrogen-bond donors (Lipinski definition) is 1. The van der Waals surface area contributed by atoms with E-state index in [1.54, 1.807) is 37.3 Å². The van der Waals surface area contributed by atoms with E-state index in [2.05, 4.69) is 21.2 Å². The molecule has 4 rings (SSSR count). The Morgan fingerprint density at radius 1 is 0.930 bits per heavy atom. The van der Waals surface area contributed by atoms with Crippen molar-refractivity contribution in [1.29, 1.82) is 0 Å². The number of sulfonamides is 1. The molecule has 0 aromatic heterocycles. The molecule has 2 amide bonds. The van der Waals surface area contributed by atoms with E-state index in [9.17, 15) is 18.0 Å². The highest BCUT2D eigenvalue weighted by Gasteiger charge is 2.33. The zero-order valence-corrected chi connectivity index (χ0v) is 27.1. The lowest BCUT2D eigenvalue weighted by Gasteiger charge is -2.33. The van der Waals surface area contributed by atoms with Crippen LogP contribution in [0.1, 0.15) is 44.6 Å². The summed E-state index contributed by atoms with van der Waals surface area (Å²) in [7, 11) is -1.36. The van der Waals surface area contributed by atoms with Gasteiger partial charge in [-0.05, 0) is 61.7 Å². The molecule has 1 fully saturated rings. The lowest BCUT2D eigenvalue weighted by molar-refractivity contribution is -0.139. The molecule has 11 heteroatoms. The van der Waals surface area contributed by atoms with E-state index >= 15 is 0 Å². The van der Waals surface area contributed by atoms with Gasteiger partial charge in [0.15, 0.2) is 11.5 Å². The Kier molecular flexibility index (Phi) is 11.1. The van der Waals surface area contributed by atoms with Gasteiger partial charge in [-0.25, -0.2) is 8.42 Å². The third-order valence-electron chi connectivity index (χ3n) is 7.65. The van der Waals surface area contributed by atoms with Gasteiger partial charge in [0.05, 0.1) is 24.8 Å². The minimum absolute atomic E-state index is 0.0654. The summed E-state index contributed by atoms with van der Waals surface area (Å²) in [6.07, 6.45) is 5.08. The van der Waals surface area contributed by atoms with Gasteiger partial charge in [-0.3, -0.25) is 13.9 Å². The maximum atomic E-state index is 14.1. The highest BCUT2D eigenvalue weighted by Crippen LogP contribution is 2.32. The number of halogens is 1. The van der Waals surface area contributed by atoms with E-state index in [1.807, 2.05) is 24.3 Å². The zero-order chi connectivity index (χ0) is 31.0. The van der Waals surface area contributed by atoms with Crippen LogP contribution in [0, 0.1) is 0 Å². The molecular weight excluding hydrogens is 634 g/mol. The van der Waals surface area contributed by atoms with Crippen LogP contribution in [0.15, 0.2) is 82.2 Å². The molecule has 1 saturated carbocycles. The summed E-state index contributed by atoms with van der Waals surface area (Å²) in [5, 5.41) is 3.12. The number of amides is 2. The fraction of sp³-hybridized carbons (Fsp3) is 0.375. The smallest absolute Gasteiger partial charge is 0.264 e. The summed E-state index contributed by atoms with van der Waals surface area (Å²) in [5.74, 6) is -0.150. The number of anilines is 1. The van der Waals surface area contributed by atoms with Crippen LogP contribution in [0.25, 0.3) is 0 Å². The third kappa shape index (κ3) is 8.08. The Morgan fingerprint density at radius 3 is 2.21 bits per heavy atom.